The number of benzene rings is 2. The third-order valence-electron chi connectivity index (χ3n) is 4.59. The highest BCUT2D eigenvalue weighted by molar-refractivity contribution is 6.52. The van der Waals surface area contributed by atoms with E-state index in [4.69, 9.17) is 14.7 Å². The van der Waals surface area contributed by atoms with Crippen molar-refractivity contribution in [3.05, 3.63) is 53.6 Å². The zero-order valence-corrected chi connectivity index (χ0v) is 17.5. The Bertz CT molecular complexity index is 1030. The standard InChI is InChI=1S/C23H23N3O5/c1-3-11-30-19-10-9-18(13-20(19)31-12-4-2)26-22(28)21(27)25(23(26)29)15-17-7-5-16(14-24)6-8-17/h5-10,13H,3-4,11-12,15H2,1-2H3. The average Bonchev–Trinajstić information content (AvgIpc) is 3.00. The first-order chi connectivity index (χ1) is 15.0. The third-order valence-corrected chi connectivity index (χ3v) is 4.59. The minimum atomic E-state index is -0.928. The maximum atomic E-state index is 12.9. The Hall–Kier alpha value is -3.86. The van der Waals surface area contributed by atoms with Crippen molar-refractivity contribution in [1.29, 1.82) is 5.26 Å². The second-order valence-electron chi connectivity index (χ2n) is 6.95. The normalized spacial score (nSPS) is 13.5. The number of hydrogen-bond donors (Lipinski definition) is 0. The number of urea groups is 1. The van der Waals surface area contributed by atoms with Crippen LogP contribution < -0.4 is 14.4 Å². The molecule has 8 nitrogen and oxygen atoms in total. The van der Waals surface area contributed by atoms with Gasteiger partial charge in [-0.25, -0.2) is 9.69 Å². The Morgan fingerprint density at radius 2 is 1.52 bits per heavy atom. The smallest absolute Gasteiger partial charge is 0.339 e. The number of carbonyl (C=O) groups is 3. The Balaban J connectivity index is 1.86. The van der Waals surface area contributed by atoms with E-state index in [1.165, 1.54) is 6.07 Å². The molecule has 1 fully saturated rings. The van der Waals surface area contributed by atoms with Gasteiger partial charge in [0.25, 0.3) is 0 Å². The molecule has 0 saturated carbocycles. The monoisotopic (exact) mass is 421 g/mol. The maximum Gasteiger partial charge on any atom is 0.339 e. The van der Waals surface area contributed by atoms with E-state index in [1.807, 2.05) is 19.9 Å². The van der Waals surface area contributed by atoms with E-state index in [-0.39, 0.29) is 12.2 Å². The van der Waals surface area contributed by atoms with Crippen LogP contribution in [0.3, 0.4) is 0 Å². The molecule has 0 unspecified atom stereocenters. The zero-order valence-electron chi connectivity index (χ0n) is 17.5. The first-order valence-corrected chi connectivity index (χ1v) is 10.1. The molecule has 0 N–H and O–H groups in total. The highest BCUT2D eigenvalue weighted by atomic mass is 16.5. The SMILES string of the molecule is CCCOc1ccc(N2C(=O)C(=O)N(Cc3ccc(C#N)cc3)C2=O)cc1OCCC. The fourth-order valence-electron chi connectivity index (χ4n) is 3.03. The summed E-state index contributed by atoms with van der Waals surface area (Å²) in [6.45, 7) is 4.82. The van der Waals surface area contributed by atoms with E-state index in [0.29, 0.717) is 35.8 Å². The summed E-state index contributed by atoms with van der Waals surface area (Å²) in [5, 5.41) is 8.90. The van der Waals surface area contributed by atoms with Crippen molar-refractivity contribution >= 4 is 23.5 Å². The number of nitriles is 1. The van der Waals surface area contributed by atoms with Crippen LogP contribution >= 0.6 is 0 Å². The van der Waals surface area contributed by atoms with Crippen LogP contribution in [0, 0.1) is 11.3 Å². The van der Waals surface area contributed by atoms with Gasteiger partial charge >= 0.3 is 17.8 Å². The molecule has 0 aliphatic carbocycles. The number of anilines is 1. The van der Waals surface area contributed by atoms with Crippen LogP contribution in [0.1, 0.15) is 37.8 Å². The molecule has 1 aliphatic heterocycles. The number of rotatable bonds is 9. The third kappa shape index (κ3) is 4.67. The Labute approximate surface area is 180 Å². The Kier molecular flexibility index (Phi) is 6.88. The molecule has 0 bridgehead atoms. The summed E-state index contributed by atoms with van der Waals surface area (Å²) in [6.07, 6.45) is 1.59. The average molecular weight is 421 g/mol. The van der Waals surface area contributed by atoms with Crippen molar-refractivity contribution in [2.45, 2.75) is 33.2 Å². The van der Waals surface area contributed by atoms with E-state index in [1.54, 1.807) is 36.4 Å². The molecule has 2 aromatic rings. The highest BCUT2D eigenvalue weighted by Crippen LogP contribution is 2.34. The number of hydrogen-bond acceptors (Lipinski definition) is 6. The lowest BCUT2D eigenvalue weighted by atomic mass is 10.1. The molecule has 0 radical (unpaired) electrons. The van der Waals surface area contributed by atoms with Crippen LogP contribution in [0.2, 0.25) is 0 Å². The van der Waals surface area contributed by atoms with Crippen LogP contribution in [0.25, 0.3) is 0 Å². The molecular formula is C23H23N3O5. The zero-order chi connectivity index (χ0) is 22.4. The first-order valence-electron chi connectivity index (χ1n) is 10.1. The molecule has 3 rings (SSSR count). The number of carbonyl (C=O) groups excluding carboxylic acids is 3. The van der Waals surface area contributed by atoms with Gasteiger partial charge in [0.2, 0.25) is 0 Å². The van der Waals surface area contributed by atoms with E-state index in [2.05, 4.69) is 0 Å². The summed E-state index contributed by atoms with van der Waals surface area (Å²) in [6, 6.07) is 12.5. The quantitative estimate of drug-likeness (QED) is 0.453. The second kappa shape index (κ2) is 9.76. The van der Waals surface area contributed by atoms with Gasteiger partial charge in [-0.3, -0.25) is 14.5 Å². The van der Waals surface area contributed by atoms with Crippen molar-refractivity contribution < 1.29 is 23.9 Å². The van der Waals surface area contributed by atoms with Gasteiger partial charge in [0.15, 0.2) is 11.5 Å². The van der Waals surface area contributed by atoms with Gasteiger partial charge in [-0.05, 0) is 42.7 Å². The van der Waals surface area contributed by atoms with Crippen LogP contribution in [0.5, 0.6) is 11.5 Å². The van der Waals surface area contributed by atoms with Gasteiger partial charge in [0.05, 0.1) is 37.1 Å². The van der Waals surface area contributed by atoms with Crippen molar-refractivity contribution in [2.24, 2.45) is 0 Å². The molecule has 31 heavy (non-hydrogen) atoms. The Morgan fingerprint density at radius 1 is 0.871 bits per heavy atom. The number of ether oxygens (including phenoxy) is 2. The molecule has 160 valence electrons. The van der Waals surface area contributed by atoms with Crippen molar-refractivity contribution in [2.75, 3.05) is 18.1 Å². The largest absolute Gasteiger partial charge is 0.490 e. The minimum absolute atomic E-state index is 0.0670. The van der Waals surface area contributed by atoms with E-state index in [9.17, 15) is 14.4 Å². The van der Waals surface area contributed by atoms with E-state index < -0.39 is 17.8 Å². The predicted molar refractivity (Wildman–Crippen MR) is 113 cm³/mol. The fourth-order valence-corrected chi connectivity index (χ4v) is 3.03. The fraction of sp³-hybridized carbons (Fsp3) is 0.304. The molecule has 4 amide bonds. The number of amides is 4. The number of nitrogens with zero attached hydrogens (tertiary/aromatic N) is 3. The van der Waals surface area contributed by atoms with Gasteiger partial charge in [0, 0.05) is 6.07 Å². The van der Waals surface area contributed by atoms with Crippen LogP contribution in [-0.2, 0) is 16.1 Å². The van der Waals surface area contributed by atoms with Crippen LogP contribution in [0.15, 0.2) is 42.5 Å². The molecule has 0 spiro atoms. The molecule has 8 heteroatoms. The lowest BCUT2D eigenvalue weighted by Crippen LogP contribution is -2.33. The first kappa shape index (κ1) is 21.8. The van der Waals surface area contributed by atoms with Crippen molar-refractivity contribution in [3.8, 4) is 17.6 Å². The van der Waals surface area contributed by atoms with Gasteiger partial charge < -0.3 is 9.47 Å². The molecule has 1 heterocycles. The Morgan fingerprint density at radius 3 is 2.13 bits per heavy atom. The summed E-state index contributed by atoms with van der Waals surface area (Å²) in [4.78, 5) is 39.7. The van der Waals surface area contributed by atoms with E-state index >= 15 is 0 Å². The minimum Gasteiger partial charge on any atom is -0.490 e. The lowest BCUT2D eigenvalue weighted by Gasteiger charge is -2.18. The van der Waals surface area contributed by atoms with Gasteiger partial charge in [-0.15, -0.1) is 0 Å². The summed E-state index contributed by atoms with van der Waals surface area (Å²) in [7, 11) is 0. The lowest BCUT2D eigenvalue weighted by molar-refractivity contribution is -0.139. The molecule has 1 saturated heterocycles. The second-order valence-corrected chi connectivity index (χ2v) is 6.95. The summed E-state index contributed by atoms with van der Waals surface area (Å²) in [5.74, 6) is -0.913. The van der Waals surface area contributed by atoms with Crippen molar-refractivity contribution in [1.82, 2.24) is 4.90 Å². The maximum absolute atomic E-state index is 12.9. The van der Waals surface area contributed by atoms with Gasteiger partial charge in [-0.1, -0.05) is 26.0 Å². The van der Waals surface area contributed by atoms with Crippen molar-refractivity contribution in [3.63, 3.8) is 0 Å². The number of imide groups is 2. The summed E-state index contributed by atoms with van der Waals surface area (Å²) >= 11 is 0. The van der Waals surface area contributed by atoms with Gasteiger partial charge in [-0.2, -0.15) is 5.26 Å². The molecule has 0 aromatic heterocycles. The molecule has 0 atom stereocenters. The molecule has 1 aliphatic rings. The van der Waals surface area contributed by atoms with Crippen LogP contribution in [0.4, 0.5) is 10.5 Å². The summed E-state index contributed by atoms with van der Waals surface area (Å²) < 4.78 is 11.4. The molecular weight excluding hydrogens is 398 g/mol. The molecule has 2 aromatic carbocycles. The summed E-state index contributed by atoms with van der Waals surface area (Å²) in [5.41, 5.74) is 1.33. The highest BCUT2D eigenvalue weighted by Gasteiger charge is 2.45. The van der Waals surface area contributed by atoms with Gasteiger partial charge in [0.1, 0.15) is 0 Å². The topological polar surface area (TPSA) is 99.9 Å². The van der Waals surface area contributed by atoms with E-state index in [0.717, 1.165) is 22.6 Å². The predicted octanol–water partition coefficient (Wildman–Crippen LogP) is 3.63. The van der Waals surface area contributed by atoms with Crippen LogP contribution in [-0.4, -0.2) is 36.0 Å².